The van der Waals surface area contributed by atoms with Gasteiger partial charge in [0.05, 0.1) is 23.6 Å². The van der Waals surface area contributed by atoms with Gasteiger partial charge in [0, 0.05) is 31.0 Å². The number of sulfonamides is 1. The third-order valence-electron chi connectivity index (χ3n) is 3.57. The van der Waals surface area contributed by atoms with Gasteiger partial charge in [-0.2, -0.15) is 4.31 Å². The van der Waals surface area contributed by atoms with Gasteiger partial charge in [-0.15, -0.1) is 0 Å². The third-order valence-corrected chi connectivity index (χ3v) is 5.66. The summed E-state index contributed by atoms with van der Waals surface area (Å²) in [6.07, 6.45) is 1.57. The van der Waals surface area contributed by atoms with Gasteiger partial charge < -0.3 is 15.0 Å². The largest absolute Gasteiger partial charge is 0.378 e. The van der Waals surface area contributed by atoms with E-state index < -0.39 is 15.6 Å². The van der Waals surface area contributed by atoms with Crippen LogP contribution in [0.4, 0.5) is 0 Å². The SMILES string of the molecule is CC(C)NCc1cc(S(=O)(=O)N2CCOCC2(C)C)c[nH]1. The van der Waals surface area contributed by atoms with Crippen LogP contribution in [0.3, 0.4) is 0 Å². The first-order valence-corrected chi connectivity index (χ1v) is 8.69. The van der Waals surface area contributed by atoms with Crippen LogP contribution in [0.1, 0.15) is 33.4 Å². The van der Waals surface area contributed by atoms with Gasteiger partial charge in [-0.05, 0) is 19.9 Å². The molecule has 0 aliphatic carbocycles. The van der Waals surface area contributed by atoms with E-state index in [1.165, 1.54) is 4.31 Å². The fraction of sp³-hybridized carbons (Fsp3) is 0.714. The molecule has 1 aromatic rings. The van der Waals surface area contributed by atoms with Gasteiger partial charge in [-0.1, -0.05) is 13.8 Å². The van der Waals surface area contributed by atoms with Gasteiger partial charge >= 0.3 is 0 Å². The Labute approximate surface area is 126 Å². The average molecular weight is 315 g/mol. The maximum Gasteiger partial charge on any atom is 0.245 e. The normalized spacial score (nSPS) is 20.0. The molecule has 1 aliphatic rings. The maximum absolute atomic E-state index is 12.8. The summed E-state index contributed by atoms with van der Waals surface area (Å²) in [7, 11) is -3.49. The monoisotopic (exact) mass is 315 g/mol. The minimum absolute atomic E-state index is 0.318. The van der Waals surface area contributed by atoms with Gasteiger partial charge in [-0.25, -0.2) is 8.42 Å². The molecule has 0 radical (unpaired) electrons. The highest BCUT2D eigenvalue weighted by Crippen LogP contribution is 2.27. The Hall–Kier alpha value is -0.890. The maximum atomic E-state index is 12.8. The molecule has 0 aromatic carbocycles. The van der Waals surface area contributed by atoms with Crippen LogP contribution in [0.2, 0.25) is 0 Å². The zero-order chi connectivity index (χ0) is 15.7. The van der Waals surface area contributed by atoms with E-state index >= 15 is 0 Å². The number of rotatable bonds is 5. The molecule has 1 aromatic heterocycles. The number of hydrogen-bond donors (Lipinski definition) is 2. The van der Waals surface area contributed by atoms with Crippen LogP contribution in [-0.2, 0) is 21.3 Å². The van der Waals surface area contributed by atoms with Crippen molar-refractivity contribution in [3.05, 3.63) is 18.0 Å². The average Bonchev–Trinajstić information content (AvgIpc) is 2.85. The molecule has 2 N–H and O–H groups in total. The van der Waals surface area contributed by atoms with Gasteiger partial charge in [0.25, 0.3) is 0 Å². The Bertz CT molecular complexity index is 578. The fourth-order valence-electron chi connectivity index (χ4n) is 2.40. The predicted octanol–water partition coefficient (Wildman–Crippen LogP) is 1.31. The summed E-state index contributed by atoms with van der Waals surface area (Å²) < 4.78 is 32.5. The van der Waals surface area contributed by atoms with Crippen molar-refractivity contribution in [2.75, 3.05) is 19.8 Å². The number of aromatic amines is 1. The van der Waals surface area contributed by atoms with Crippen LogP contribution in [-0.4, -0.2) is 49.0 Å². The lowest BCUT2D eigenvalue weighted by molar-refractivity contribution is -0.00770. The lowest BCUT2D eigenvalue weighted by Crippen LogP contribution is -2.55. The van der Waals surface area contributed by atoms with Crippen molar-refractivity contribution in [2.45, 2.75) is 50.7 Å². The summed E-state index contributed by atoms with van der Waals surface area (Å²) in [5.74, 6) is 0. The van der Waals surface area contributed by atoms with E-state index in [-0.39, 0.29) is 0 Å². The molecule has 6 nitrogen and oxygen atoms in total. The topological polar surface area (TPSA) is 74.4 Å². The zero-order valence-electron chi connectivity index (χ0n) is 13.1. The number of hydrogen-bond acceptors (Lipinski definition) is 4. The van der Waals surface area contributed by atoms with Crippen LogP contribution in [0.5, 0.6) is 0 Å². The van der Waals surface area contributed by atoms with Crippen LogP contribution in [0.25, 0.3) is 0 Å². The lowest BCUT2D eigenvalue weighted by atomic mass is 10.1. The molecule has 1 aliphatic heterocycles. The van der Waals surface area contributed by atoms with Crippen molar-refractivity contribution < 1.29 is 13.2 Å². The summed E-state index contributed by atoms with van der Waals surface area (Å²) >= 11 is 0. The fourth-order valence-corrected chi connectivity index (χ4v) is 4.17. The Kier molecular flexibility index (Phi) is 4.77. The minimum atomic E-state index is -3.49. The second-order valence-electron chi connectivity index (χ2n) is 6.34. The van der Waals surface area contributed by atoms with Crippen molar-refractivity contribution in [1.82, 2.24) is 14.6 Å². The number of morpholine rings is 1. The van der Waals surface area contributed by atoms with Crippen LogP contribution < -0.4 is 5.32 Å². The van der Waals surface area contributed by atoms with E-state index in [0.717, 1.165) is 5.69 Å². The Morgan fingerprint density at radius 2 is 2.19 bits per heavy atom. The summed E-state index contributed by atoms with van der Waals surface area (Å²) in [5, 5.41) is 3.26. The van der Waals surface area contributed by atoms with Crippen molar-refractivity contribution in [3.63, 3.8) is 0 Å². The standard InChI is InChI=1S/C14H25N3O3S/c1-11(2)15-8-12-7-13(9-16-12)21(18,19)17-5-6-20-10-14(17,3)4/h7,9,11,15-16H,5-6,8,10H2,1-4H3. The molecular formula is C14H25N3O3S. The van der Waals surface area contributed by atoms with E-state index in [9.17, 15) is 8.42 Å². The van der Waals surface area contributed by atoms with Crippen molar-refractivity contribution in [3.8, 4) is 0 Å². The van der Waals surface area contributed by atoms with E-state index in [1.807, 2.05) is 13.8 Å². The van der Waals surface area contributed by atoms with Crippen LogP contribution >= 0.6 is 0 Å². The first-order valence-electron chi connectivity index (χ1n) is 7.25. The van der Waals surface area contributed by atoms with Gasteiger partial charge in [0.1, 0.15) is 0 Å². The zero-order valence-corrected chi connectivity index (χ0v) is 14.0. The summed E-state index contributed by atoms with van der Waals surface area (Å²) in [6.45, 7) is 9.75. The van der Waals surface area contributed by atoms with Gasteiger partial charge in [-0.3, -0.25) is 0 Å². The molecule has 7 heteroatoms. The van der Waals surface area contributed by atoms with Crippen LogP contribution in [0.15, 0.2) is 17.2 Å². The first-order chi connectivity index (χ1) is 9.73. The second kappa shape index (κ2) is 6.08. The van der Waals surface area contributed by atoms with Gasteiger partial charge in [0.2, 0.25) is 10.0 Å². The minimum Gasteiger partial charge on any atom is -0.378 e. The predicted molar refractivity (Wildman–Crippen MR) is 81.6 cm³/mol. The summed E-state index contributed by atoms with van der Waals surface area (Å²) in [5.41, 5.74) is 0.346. The molecule has 0 amide bonds. The number of H-pyrrole nitrogens is 1. The molecule has 1 saturated heterocycles. The molecule has 0 unspecified atom stereocenters. The number of aromatic nitrogens is 1. The first kappa shape index (κ1) is 16.5. The Balaban J connectivity index is 2.19. The van der Waals surface area contributed by atoms with Crippen molar-refractivity contribution in [2.24, 2.45) is 0 Å². The van der Waals surface area contributed by atoms with E-state index in [2.05, 4.69) is 24.1 Å². The Morgan fingerprint density at radius 1 is 1.48 bits per heavy atom. The number of nitrogens with zero attached hydrogens (tertiary/aromatic N) is 1. The molecule has 2 rings (SSSR count). The highest BCUT2D eigenvalue weighted by atomic mass is 32.2. The summed E-state index contributed by atoms with van der Waals surface area (Å²) in [4.78, 5) is 3.35. The molecule has 0 atom stereocenters. The number of nitrogens with one attached hydrogen (secondary N) is 2. The molecule has 120 valence electrons. The molecule has 21 heavy (non-hydrogen) atoms. The smallest absolute Gasteiger partial charge is 0.245 e. The van der Waals surface area contributed by atoms with E-state index in [0.29, 0.717) is 37.2 Å². The molecule has 0 spiro atoms. The number of ether oxygens (including phenoxy) is 1. The molecule has 0 saturated carbocycles. The molecule has 0 bridgehead atoms. The third kappa shape index (κ3) is 3.66. The molecular weight excluding hydrogens is 290 g/mol. The summed E-state index contributed by atoms with van der Waals surface area (Å²) in [6, 6.07) is 2.06. The van der Waals surface area contributed by atoms with Crippen molar-refractivity contribution >= 4 is 10.0 Å². The lowest BCUT2D eigenvalue weighted by Gasteiger charge is -2.40. The van der Waals surface area contributed by atoms with Gasteiger partial charge in [0.15, 0.2) is 0 Å². The highest BCUT2D eigenvalue weighted by molar-refractivity contribution is 7.89. The Morgan fingerprint density at radius 3 is 2.81 bits per heavy atom. The quantitative estimate of drug-likeness (QED) is 0.859. The molecule has 1 fully saturated rings. The molecule has 2 heterocycles. The second-order valence-corrected chi connectivity index (χ2v) is 8.20. The van der Waals surface area contributed by atoms with E-state index in [4.69, 9.17) is 4.74 Å². The van der Waals surface area contributed by atoms with Crippen LogP contribution in [0, 0.1) is 0 Å². The van der Waals surface area contributed by atoms with Crippen molar-refractivity contribution in [1.29, 1.82) is 0 Å². The highest BCUT2D eigenvalue weighted by Gasteiger charge is 2.40. The van der Waals surface area contributed by atoms with E-state index in [1.54, 1.807) is 12.3 Å².